The standard InChI is InChI=1S/C10H9NO.C9H12N2O.C8H11ClN2.C8H10N2.C8H8N2.C8H10N2.C8H8N2.3C7H7N3/c1-7-4-8-5-9(12)2-3-10(8)11-6-7;1-7-5-8-9(11-6-7)10-3-2-4-12-8;1-6-4-7(9)8-10-2-3-11(8)5-6;1-6-2-7-4-9-5-8(7)10-3-6;1-6-2-4-9-8-7(6)3-5-10-8;2*1-6-4-7-2-3-9-8(7)10-5-6;1-5-2-6-7(8-3-5)10-4-9-6;1-6-2-4-10-5-3-8-7(10)9-6;1-6-2-3-7-9-8-5-10(7)4-6/h2-4,6H,5H2,1H3;5-6H,2-4H2,1H3,(H,10,11);4-5,8,10H,2-3H2,1H3;2-3,9H,4-5H2,1H3;2-5H,1H3,(H,9,10);4-5H,2-3H2,1H3,(H,9,10);2-5H,1H3,(H,9,10);2-4H,1H3,(H,8,9,10);2*2-5H,1H3. The average Bonchev–Trinajstić information content (AvgIpc) is 1.78. The molecule has 105 heavy (non-hydrogen) atoms. The Labute approximate surface area is 615 Å². The van der Waals surface area contributed by atoms with Crippen molar-refractivity contribution in [3.8, 4) is 5.75 Å². The number of aryl methyl sites for hydroxylation is 9. The normalized spacial score (nSPS) is 14.4. The maximum atomic E-state index is 11.0. The Morgan fingerprint density at radius 2 is 1.33 bits per heavy atom. The number of nitrogens with one attached hydrogen (secondary N) is 7. The van der Waals surface area contributed by atoms with E-state index < -0.39 is 0 Å². The summed E-state index contributed by atoms with van der Waals surface area (Å²) in [5, 5.41) is 23.9. The second-order valence-electron chi connectivity index (χ2n) is 26.0. The molecule has 6 aliphatic rings. The number of carbonyl (C=O) groups is 1. The number of halogens is 1. The first-order valence-electron chi connectivity index (χ1n) is 34.9. The summed E-state index contributed by atoms with van der Waals surface area (Å²) in [7, 11) is 0. The Hall–Kier alpha value is -11.9. The van der Waals surface area contributed by atoms with Gasteiger partial charge in [0.1, 0.15) is 29.6 Å². The van der Waals surface area contributed by atoms with Crippen molar-refractivity contribution in [1.29, 1.82) is 0 Å². The van der Waals surface area contributed by atoms with E-state index in [0.29, 0.717) is 6.42 Å². The molecule has 0 radical (unpaired) electrons. The van der Waals surface area contributed by atoms with E-state index in [9.17, 15) is 4.79 Å². The van der Waals surface area contributed by atoms with Crippen molar-refractivity contribution in [2.75, 3.05) is 43.4 Å². The fourth-order valence-electron chi connectivity index (χ4n) is 11.7. The predicted molar refractivity (Wildman–Crippen MR) is 417 cm³/mol. The zero-order chi connectivity index (χ0) is 73.6. The summed E-state index contributed by atoms with van der Waals surface area (Å²) in [5.41, 5.74) is 22.3. The van der Waals surface area contributed by atoms with Crippen molar-refractivity contribution in [2.45, 2.75) is 108 Å². The molecule has 0 aromatic carbocycles. The molecule has 1 aliphatic carbocycles. The van der Waals surface area contributed by atoms with Crippen LogP contribution in [0.2, 0.25) is 0 Å². The van der Waals surface area contributed by atoms with Gasteiger partial charge in [-0.05, 0) is 216 Å². The van der Waals surface area contributed by atoms with Crippen molar-refractivity contribution in [1.82, 2.24) is 99.3 Å². The number of anilines is 2. The smallest absolute Gasteiger partial charge is 0.233 e. The topological polar surface area (TPSA) is 289 Å². The average molecular weight is 1430 g/mol. The van der Waals surface area contributed by atoms with Crippen molar-refractivity contribution < 1.29 is 9.53 Å². The van der Waals surface area contributed by atoms with E-state index in [1.807, 2.05) is 185 Å². The highest BCUT2D eigenvalue weighted by molar-refractivity contribution is 6.30. The number of pyridine rings is 8. The second-order valence-corrected chi connectivity index (χ2v) is 26.5. The number of aromatic amines is 3. The number of nitrogens with zero attached hydrogens (tertiary/aromatic N) is 15. The molecule has 24 nitrogen and oxygen atoms in total. The van der Waals surface area contributed by atoms with Crippen LogP contribution in [0.15, 0.2) is 195 Å². The number of rotatable bonds is 0. The van der Waals surface area contributed by atoms with E-state index in [-0.39, 0.29) is 11.9 Å². The van der Waals surface area contributed by atoms with Crippen molar-refractivity contribution in [3.05, 3.63) is 273 Å². The molecule has 0 spiro atoms. The summed E-state index contributed by atoms with van der Waals surface area (Å²) in [6, 6.07) is 24.5. The molecule has 1 unspecified atom stereocenters. The SMILES string of the molecule is CC1=CN2CCNC2C(Cl)=C1.Cc1ccc2nncn2c1.Cc1ccn2ccnc2n1.Cc1ccnc2[nH]ccc12.Cc1cnc2[nH]ccc2c1.Cc1cnc2c(c1)CC(=O)C=C2.Cc1cnc2c(c1)CCN2.Cc1cnc2c(c1)CNC2.Cc1cnc2c(c1)OCCCN2.Cc1cnc2nc[nH]c2c1. The number of hydrogen-bond donors (Lipinski definition) is 7. The Balaban J connectivity index is 0.000000117. The monoisotopic (exact) mass is 1420 g/mol. The molecular weight excluding hydrogens is 1340 g/mol. The maximum absolute atomic E-state index is 11.0. The number of aromatic nitrogens is 17. The Kier molecular flexibility index (Phi) is 25.7. The number of carbonyl (C=O) groups excluding carboxylic acids is 1. The van der Waals surface area contributed by atoms with E-state index in [4.69, 9.17) is 16.3 Å². The molecule has 5 aliphatic heterocycles. The largest absolute Gasteiger partial charge is 0.490 e. The second kappa shape index (κ2) is 36.3. The van der Waals surface area contributed by atoms with Crippen LogP contribution in [0.5, 0.6) is 5.75 Å². The zero-order valence-corrected chi connectivity index (χ0v) is 61.7. The lowest BCUT2D eigenvalue weighted by molar-refractivity contribution is -0.114. The van der Waals surface area contributed by atoms with Crippen LogP contribution in [0.1, 0.15) is 91.6 Å². The van der Waals surface area contributed by atoms with Gasteiger partial charge >= 0.3 is 0 Å². The Morgan fingerprint density at radius 1 is 0.600 bits per heavy atom. The van der Waals surface area contributed by atoms with Crippen LogP contribution >= 0.6 is 11.6 Å². The molecule has 7 N–H and O–H groups in total. The number of hydrogen-bond acceptors (Lipinski definition) is 19. The van der Waals surface area contributed by atoms with Crippen LogP contribution in [0.3, 0.4) is 0 Å². The summed E-state index contributed by atoms with van der Waals surface area (Å²) in [6.45, 7) is 27.1. The first-order valence-corrected chi connectivity index (χ1v) is 35.3. The van der Waals surface area contributed by atoms with Crippen LogP contribution in [0.25, 0.3) is 50.7 Å². The molecule has 1 saturated heterocycles. The molecule has 0 amide bonds. The quantitative estimate of drug-likeness (QED) is 0.0742. The Morgan fingerprint density at radius 3 is 2.18 bits per heavy atom. The molecule has 14 aromatic rings. The van der Waals surface area contributed by atoms with Gasteiger partial charge in [0.15, 0.2) is 28.6 Å². The van der Waals surface area contributed by atoms with Gasteiger partial charge in [-0.3, -0.25) is 28.9 Å². The van der Waals surface area contributed by atoms with Gasteiger partial charge in [-0.15, -0.1) is 10.2 Å². The minimum Gasteiger partial charge on any atom is -0.490 e. The summed E-state index contributed by atoms with van der Waals surface area (Å²) >= 11 is 6.03. The van der Waals surface area contributed by atoms with Crippen LogP contribution in [0, 0.1) is 62.3 Å². The number of ether oxygens (including phenoxy) is 1. The third-order valence-electron chi connectivity index (χ3n) is 16.9. The lowest BCUT2D eigenvalue weighted by Crippen LogP contribution is -2.34. The van der Waals surface area contributed by atoms with Gasteiger partial charge in [-0.25, -0.2) is 39.9 Å². The van der Waals surface area contributed by atoms with Gasteiger partial charge in [-0.2, -0.15) is 0 Å². The highest BCUT2D eigenvalue weighted by Crippen LogP contribution is 2.26. The van der Waals surface area contributed by atoms with Crippen LogP contribution in [-0.4, -0.2) is 133 Å². The molecule has 14 aromatic heterocycles. The van der Waals surface area contributed by atoms with Gasteiger partial charge in [0.25, 0.3) is 0 Å². The van der Waals surface area contributed by atoms with Crippen molar-refractivity contribution in [3.63, 3.8) is 0 Å². The van der Waals surface area contributed by atoms with E-state index >= 15 is 0 Å². The van der Waals surface area contributed by atoms with Gasteiger partial charge < -0.3 is 40.5 Å². The minimum atomic E-state index is 0.162. The zero-order valence-electron chi connectivity index (χ0n) is 60.9. The Bertz CT molecular complexity index is 4970. The summed E-state index contributed by atoms with van der Waals surface area (Å²) in [4.78, 5) is 64.0. The lowest BCUT2D eigenvalue weighted by atomic mass is 10.0. The van der Waals surface area contributed by atoms with Crippen LogP contribution in [0.4, 0.5) is 11.6 Å². The number of allylic oxidation sites excluding steroid dienone is 3. The summed E-state index contributed by atoms with van der Waals surface area (Å²) in [6.07, 6.45) is 38.1. The third kappa shape index (κ3) is 21.4. The van der Waals surface area contributed by atoms with Crippen molar-refractivity contribution in [2.24, 2.45) is 0 Å². The number of H-pyrrole nitrogens is 3. The lowest BCUT2D eigenvalue weighted by Gasteiger charge is -2.25. The van der Waals surface area contributed by atoms with Gasteiger partial charge in [0, 0.05) is 149 Å². The number of fused-ring (bicyclic) bond motifs is 10. The molecule has 538 valence electrons. The highest BCUT2D eigenvalue weighted by Gasteiger charge is 2.26. The van der Waals surface area contributed by atoms with Gasteiger partial charge in [-0.1, -0.05) is 35.9 Å². The van der Waals surface area contributed by atoms with Crippen LogP contribution in [-0.2, 0) is 30.7 Å². The summed E-state index contributed by atoms with van der Waals surface area (Å²) in [5.74, 6) is 3.76. The van der Waals surface area contributed by atoms with Crippen molar-refractivity contribution >= 4 is 79.8 Å². The number of imidazole rings is 2. The third-order valence-corrected chi connectivity index (χ3v) is 17.2. The van der Waals surface area contributed by atoms with Gasteiger partial charge in [0.2, 0.25) is 5.78 Å². The van der Waals surface area contributed by atoms with E-state index in [0.717, 1.165) is 149 Å². The predicted octanol–water partition coefficient (Wildman–Crippen LogP) is 13.8. The fourth-order valence-corrected chi connectivity index (χ4v) is 12.0. The van der Waals surface area contributed by atoms with E-state index in [2.05, 4.69) is 153 Å². The van der Waals surface area contributed by atoms with Gasteiger partial charge in [0.05, 0.1) is 34.9 Å². The summed E-state index contributed by atoms with van der Waals surface area (Å²) < 4.78 is 9.28. The maximum Gasteiger partial charge on any atom is 0.233 e. The molecule has 25 heteroatoms. The molecule has 20 rings (SSSR count). The molecule has 0 bridgehead atoms. The number of ketones is 1. The molecule has 19 heterocycles. The fraction of sp³-hybridized carbons (Fsp3) is 0.263. The van der Waals surface area contributed by atoms with E-state index in [1.54, 1.807) is 31.0 Å². The first-order chi connectivity index (χ1) is 50.9. The highest BCUT2D eigenvalue weighted by atomic mass is 35.5. The molecule has 1 atom stereocenters. The molecular formula is C80H89ClN22O2. The van der Waals surface area contributed by atoms with E-state index in [1.165, 1.54) is 61.0 Å². The first kappa shape index (κ1) is 74.3. The van der Waals surface area contributed by atoms with Crippen LogP contribution < -0.4 is 26.0 Å². The minimum absolute atomic E-state index is 0.162. The molecule has 1 fully saturated rings. The molecule has 0 saturated carbocycles.